The molecule has 13 nitrogen and oxygen atoms in total. The van der Waals surface area contributed by atoms with E-state index in [1.807, 2.05) is 0 Å². The first-order chi connectivity index (χ1) is 13.4. The minimum atomic E-state index is -1.43. The molecule has 0 aromatic carbocycles. The zero-order valence-corrected chi connectivity index (χ0v) is 14.5. The molecule has 1 aliphatic heterocycles. The lowest BCUT2D eigenvalue weighted by molar-refractivity contribution is -0.0119. The SMILES string of the molecule is CNC(=O)c1cnn(-c2nc(N)c3ncn([C@@H]4OC(CO)=C(O)C4O)c3n2)c1. The van der Waals surface area contributed by atoms with E-state index in [0.29, 0.717) is 5.56 Å². The van der Waals surface area contributed by atoms with Crippen molar-refractivity contribution >= 4 is 22.9 Å². The van der Waals surface area contributed by atoms with Crippen LogP contribution in [-0.4, -0.2) is 70.3 Å². The molecule has 0 saturated carbocycles. The van der Waals surface area contributed by atoms with Crippen LogP contribution in [-0.2, 0) is 4.74 Å². The van der Waals surface area contributed by atoms with Crippen molar-refractivity contribution in [3.8, 4) is 5.95 Å². The number of anilines is 1. The van der Waals surface area contributed by atoms with Crippen LogP contribution in [0.25, 0.3) is 17.1 Å². The Kier molecular flexibility index (Phi) is 4.09. The van der Waals surface area contributed by atoms with Gasteiger partial charge in [0, 0.05) is 13.2 Å². The highest BCUT2D eigenvalue weighted by Gasteiger charge is 2.37. The molecule has 1 aliphatic rings. The molecule has 28 heavy (non-hydrogen) atoms. The molecule has 1 unspecified atom stereocenters. The van der Waals surface area contributed by atoms with Gasteiger partial charge in [-0.1, -0.05) is 0 Å². The van der Waals surface area contributed by atoms with E-state index >= 15 is 0 Å². The number of carbonyl (C=O) groups is 1. The molecule has 3 aromatic rings. The third-order valence-electron chi connectivity index (χ3n) is 4.23. The molecule has 13 heteroatoms. The molecule has 2 atom stereocenters. The van der Waals surface area contributed by atoms with E-state index in [-0.39, 0.29) is 34.6 Å². The zero-order valence-electron chi connectivity index (χ0n) is 14.5. The first-order valence-corrected chi connectivity index (χ1v) is 8.09. The Labute approximate surface area is 156 Å². The van der Waals surface area contributed by atoms with Crippen LogP contribution in [0, 0.1) is 0 Å². The van der Waals surface area contributed by atoms with Gasteiger partial charge in [0.05, 0.1) is 11.8 Å². The van der Waals surface area contributed by atoms with Crippen molar-refractivity contribution in [2.75, 3.05) is 19.4 Å². The van der Waals surface area contributed by atoms with Gasteiger partial charge in [0.15, 0.2) is 29.1 Å². The summed E-state index contributed by atoms with van der Waals surface area (Å²) in [7, 11) is 1.50. The Hall–Kier alpha value is -3.71. The first-order valence-electron chi connectivity index (χ1n) is 8.09. The van der Waals surface area contributed by atoms with Gasteiger partial charge in [-0.3, -0.25) is 9.36 Å². The molecule has 0 radical (unpaired) electrons. The fourth-order valence-corrected chi connectivity index (χ4v) is 2.81. The number of imidazole rings is 1. The van der Waals surface area contributed by atoms with E-state index in [1.165, 1.54) is 35.0 Å². The number of aliphatic hydroxyl groups is 3. The van der Waals surface area contributed by atoms with Crippen LogP contribution < -0.4 is 11.1 Å². The highest BCUT2D eigenvalue weighted by Crippen LogP contribution is 2.33. The average Bonchev–Trinajstić information content (AvgIpc) is 3.40. The minimum Gasteiger partial charge on any atom is -0.506 e. The van der Waals surface area contributed by atoms with Crippen LogP contribution in [0.15, 0.2) is 30.2 Å². The topological polar surface area (TPSA) is 186 Å². The predicted molar refractivity (Wildman–Crippen MR) is 93.1 cm³/mol. The summed E-state index contributed by atoms with van der Waals surface area (Å²) in [5.74, 6) is -0.842. The van der Waals surface area contributed by atoms with E-state index in [2.05, 4.69) is 25.4 Å². The lowest BCUT2D eigenvalue weighted by Gasteiger charge is -2.17. The van der Waals surface area contributed by atoms with Crippen LogP contribution in [0.3, 0.4) is 0 Å². The van der Waals surface area contributed by atoms with Gasteiger partial charge < -0.3 is 31.1 Å². The molecule has 0 bridgehead atoms. The summed E-state index contributed by atoms with van der Waals surface area (Å²) in [6.45, 7) is -0.579. The lowest BCUT2D eigenvalue weighted by atomic mass is 10.2. The summed E-state index contributed by atoms with van der Waals surface area (Å²) in [4.78, 5) is 24.3. The molecule has 4 rings (SSSR count). The van der Waals surface area contributed by atoms with E-state index in [4.69, 9.17) is 10.5 Å². The fourth-order valence-electron chi connectivity index (χ4n) is 2.81. The number of nitrogens with two attached hydrogens (primary N) is 1. The monoisotopic (exact) mass is 388 g/mol. The van der Waals surface area contributed by atoms with Crippen molar-refractivity contribution in [1.29, 1.82) is 0 Å². The number of aliphatic hydroxyl groups excluding tert-OH is 3. The summed E-state index contributed by atoms with van der Waals surface area (Å²) in [5, 5.41) is 35.8. The largest absolute Gasteiger partial charge is 0.506 e. The summed E-state index contributed by atoms with van der Waals surface area (Å²) < 4.78 is 8.01. The number of nitrogens with zero attached hydrogens (tertiary/aromatic N) is 6. The Morgan fingerprint density at radius 3 is 2.89 bits per heavy atom. The van der Waals surface area contributed by atoms with E-state index in [9.17, 15) is 20.1 Å². The predicted octanol–water partition coefficient (Wildman–Crippen LogP) is -1.39. The molecule has 146 valence electrons. The van der Waals surface area contributed by atoms with Gasteiger partial charge in [-0.15, -0.1) is 0 Å². The van der Waals surface area contributed by atoms with Gasteiger partial charge in [0.1, 0.15) is 18.5 Å². The maximum absolute atomic E-state index is 11.7. The molecular formula is C15H16N8O5. The van der Waals surface area contributed by atoms with Crippen molar-refractivity contribution in [3.05, 3.63) is 35.8 Å². The lowest BCUT2D eigenvalue weighted by Crippen LogP contribution is -2.22. The van der Waals surface area contributed by atoms with Gasteiger partial charge in [-0.05, 0) is 0 Å². The summed E-state index contributed by atoms with van der Waals surface area (Å²) in [6.07, 6.45) is 1.56. The van der Waals surface area contributed by atoms with E-state index in [1.54, 1.807) is 0 Å². The number of hydrogen-bond acceptors (Lipinski definition) is 10. The number of aromatic nitrogens is 6. The number of rotatable bonds is 4. The van der Waals surface area contributed by atoms with Gasteiger partial charge in [-0.25, -0.2) is 9.67 Å². The van der Waals surface area contributed by atoms with Crippen molar-refractivity contribution in [3.63, 3.8) is 0 Å². The minimum absolute atomic E-state index is 0.0443. The van der Waals surface area contributed by atoms with E-state index < -0.39 is 24.7 Å². The molecule has 0 fully saturated rings. The molecule has 1 amide bonds. The Bertz CT molecular complexity index is 1100. The maximum Gasteiger partial charge on any atom is 0.254 e. The van der Waals surface area contributed by atoms with Crippen LogP contribution in [0.5, 0.6) is 0 Å². The second-order valence-corrected chi connectivity index (χ2v) is 5.91. The first kappa shape index (κ1) is 17.7. The number of fused-ring (bicyclic) bond motifs is 1. The standard InChI is InChI=1S/C15H16N8O5/c1-17-13(27)6-2-19-23(3-6)15-20-11(16)8-12(21-15)22(5-18-8)14-10(26)9(25)7(4-24)28-14/h2-3,5,10,14,24-26H,4H2,1H3,(H,17,27)(H2,16,20,21)/t10?,14-/m1/s1. The molecule has 0 saturated heterocycles. The third kappa shape index (κ3) is 2.60. The number of amides is 1. The Morgan fingerprint density at radius 2 is 2.21 bits per heavy atom. The second kappa shape index (κ2) is 6.47. The van der Waals surface area contributed by atoms with Crippen molar-refractivity contribution < 1.29 is 24.9 Å². The molecular weight excluding hydrogens is 372 g/mol. The zero-order chi connectivity index (χ0) is 20.0. The smallest absolute Gasteiger partial charge is 0.254 e. The van der Waals surface area contributed by atoms with Gasteiger partial charge >= 0.3 is 0 Å². The number of hydrogen-bond donors (Lipinski definition) is 5. The fraction of sp³-hybridized carbons (Fsp3) is 0.267. The normalized spacial score (nSPS) is 19.2. The number of ether oxygens (including phenoxy) is 1. The van der Waals surface area contributed by atoms with Crippen molar-refractivity contribution in [2.24, 2.45) is 0 Å². The molecule has 0 aliphatic carbocycles. The molecule has 6 N–H and O–H groups in total. The number of carbonyl (C=O) groups excluding carboxylic acids is 1. The average molecular weight is 388 g/mol. The van der Waals surface area contributed by atoms with E-state index in [0.717, 1.165) is 0 Å². The van der Waals surface area contributed by atoms with Crippen LogP contribution >= 0.6 is 0 Å². The maximum atomic E-state index is 11.7. The summed E-state index contributed by atoms with van der Waals surface area (Å²) >= 11 is 0. The Morgan fingerprint density at radius 1 is 1.43 bits per heavy atom. The third-order valence-corrected chi connectivity index (χ3v) is 4.23. The van der Waals surface area contributed by atoms with Crippen LogP contribution in [0.1, 0.15) is 16.6 Å². The van der Waals surface area contributed by atoms with Gasteiger partial charge in [-0.2, -0.15) is 15.1 Å². The highest BCUT2D eigenvalue weighted by atomic mass is 16.5. The van der Waals surface area contributed by atoms with Crippen LogP contribution in [0.2, 0.25) is 0 Å². The highest BCUT2D eigenvalue weighted by molar-refractivity contribution is 5.93. The van der Waals surface area contributed by atoms with Crippen molar-refractivity contribution in [2.45, 2.75) is 12.3 Å². The second-order valence-electron chi connectivity index (χ2n) is 5.91. The van der Waals surface area contributed by atoms with Gasteiger partial charge in [0.25, 0.3) is 11.9 Å². The quantitative estimate of drug-likeness (QED) is 0.356. The molecule has 4 heterocycles. The number of nitrogen functional groups attached to an aromatic ring is 1. The van der Waals surface area contributed by atoms with Crippen molar-refractivity contribution in [1.82, 2.24) is 34.6 Å². The molecule has 3 aromatic heterocycles. The summed E-state index contributed by atoms with van der Waals surface area (Å²) in [6, 6.07) is 0. The van der Waals surface area contributed by atoms with Crippen LogP contribution in [0.4, 0.5) is 5.82 Å². The number of nitrogens with one attached hydrogen (secondary N) is 1. The van der Waals surface area contributed by atoms with Gasteiger partial charge in [0.2, 0.25) is 6.23 Å². The molecule has 0 spiro atoms. The Balaban J connectivity index is 1.78. The summed E-state index contributed by atoms with van der Waals surface area (Å²) in [5.41, 5.74) is 6.71.